The maximum Gasteiger partial charge on any atom is 0.347 e. The average molecular weight is 778 g/mol. The minimum Gasteiger partial charge on any atom is -0.508 e. The van der Waals surface area contributed by atoms with Crippen molar-refractivity contribution in [3.05, 3.63) is 168 Å². The summed E-state index contributed by atoms with van der Waals surface area (Å²) >= 11 is 0. The third-order valence-electron chi connectivity index (χ3n) is 12.1. The van der Waals surface area contributed by atoms with E-state index >= 15 is 9.59 Å². The number of hydrogen-bond donors (Lipinski definition) is 1. The van der Waals surface area contributed by atoms with E-state index < -0.39 is 34.7 Å². The lowest BCUT2D eigenvalue weighted by Gasteiger charge is -2.54. The number of aromatic nitrogens is 5. The SMILES string of the molecule is COc1cc2nc(CCn3c(=O)n4n(c3=O)[C@@H]3C[C@H]5C(=O)C(c6ccccc6)=CC(=O)[C@@]5(c5ccccc5)[C@@H](c5cccc(O)c5)C3=CC4)c(=O)n(C)c2cc1OC. The van der Waals surface area contributed by atoms with Crippen molar-refractivity contribution in [3.63, 3.8) is 0 Å². The van der Waals surface area contributed by atoms with Crippen LogP contribution in [0.3, 0.4) is 0 Å². The highest BCUT2D eigenvalue weighted by Gasteiger charge is 2.63. The Kier molecular flexibility index (Phi) is 8.75. The Bertz CT molecular complexity index is 2920. The van der Waals surface area contributed by atoms with Crippen LogP contribution in [-0.2, 0) is 41.6 Å². The molecule has 6 aromatic rings. The molecule has 0 bridgehead atoms. The van der Waals surface area contributed by atoms with E-state index in [1.807, 2.05) is 60.7 Å². The van der Waals surface area contributed by atoms with Crippen molar-refractivity contribution < 1.29 is 24.2 Å². The third kappa shape index (κ3) is 5.36. The number of ether oxygens (including phenoxy) is 2. The molecule has 2 aliphatic carbocycles. The van der Waals surface area contributed by atoms with Crippen molar-refractivity contribution >= 4 is 28.2 Å². The lowest BCUT2D eigenvalue weighted by Crippen LogP contribution is -2.58. The second kappa shape index (κ2) is 13.9. The van der Waals surface area contributed by atoms with Crippen LogP contribution < -0.4 is 26.4 Å². The quantitative estimate of drug-likeness (QED) is 0.220. The zero-order chi connectivity index (χ0) is 40.5. The van der Waals surface area contributed by atoms with Crippen LogP contribution in [0.25, 0.3) is 16.6 Å². The maximum absolute atomic E-state index is 15.1. The van der Waals surface area contributed by atoms with Gasteiger partial charge in [-0.1, -0.05) is 78.9 Å². The summed E-state index contributed by atoms with van der Waals surface area (Å²) in [6, 6.07) is 27.5. The molecular weight excluding hydrogens is 739 g/mol. The number of aromatic hydroxyl groups is 1. The maximum atomic E-state index is 15.1. The molecule has 292 valence electrons. The van der Waals surface area contributed by atoms with Crippen LogP contribution >= 0.6 is 0 Å². The van der Waals surface area contributed by atoms with Gasteiger partial charge in [-0.25, -0.2) is 28.5 Å². The highest BCUT2D eigenvalue weighted by Crippen LogP contribution is 2.61. The summed E-state index contributed by atoms with van der Waals surface area (Å²) in [6.45, 7) is -0.123. The van der Waals surface area contributed by atoms with Gasteiger partial charge in [-0.3, -0.25) is 14.4 Å². The molecule has 0 spiro atoms. The van der Waals surface area contributed by atoms with Crippen LogP contribution in [0.1, 0.15) is 40.8 Å². The number of carbonyl (C=O) groups is 2. The summed E-state index contributed by atoms with van der Waals surface area (Å²) in [5.74, 6) is -1.42. The molecule has 1 fully saturated rings. The topological polar surface area (TPSA) is 157 Å². The van der Waals surface area contributed by atoms with Crippen molar-refractivity contribution in [2.45, 2.75) is 43.3 Å². The number of allylic oxidation sites excluding steroid dienone is 4. The van der Waals surface area contributed by atoms with E-state index in [-0.39, 0.29) is 60.1 Å². The van der Waals surface area contributed by atoms with E-state index in [0.29, 0.717) is 44.8 Å². The molecule has 9 rings (SSSR count). The van der Waals surface area contributed by atoms with Gasteiger partial charge >= 0.3 is 11.4 Å². The zero-order valence-electron chi connectivity index (χ0n) is 32.0. The van der Waals surface area contributed by atoms with Gasteiger partial charge in [0, 0.05) is 49.6 Å². The third-order valence-corrected chi connectivity index (χ3v) is 12.1. The summed E-state index contributed by atoms with van der Waals surface area (Å²) < 4.78 is 16.2. The fraction of sp³-hybridized carbons (Fsp3) is 0.244. The Hall–Kier alpha value is -7.02. The number of fused-ring (bicyclic) bond motifs is 5. The number of ketones is 2. The molecule has 3 aliphatic rings. The van der Waals surface area contributed by atoms with Gasteiger partial charge in [0.15, 0.2) is 23.1 Å². The van der Waals surface area contributed by atoms with Gasteiger partial charge in [-0.2, -0.15) is 0 Å². The number of nitrogens with zero attached hydrogens (tertiary/aromatic N) is 5. The van der Waals surface area contributed by atoms with Crippen LogP contribution in [-0.4, -0.2) is 54.4 Å². The number of methoxy groups -OCH3 is 2. The molecule has 2 aromatic heterocycles. The number of benzene rings is 4. The van der Waals surface area contributed by atoms with E-state index in [1.165, 1.54) is 34.2 Å². The Morgan fingerprint density at radius 1 is 0.845 bits per heavy atom. The summed E-state index contributed by atoms with van der Waals surface area (Å²) in [5, 5.41) is 10.8. The predicted molar refractivity (Wildman–Crippen MR) is 215 cm³/mol. The van der Waals surface area contributed by atoms with E-state index in [1.54, 1.807) is 49.5 Å². The monoisotopic (exact) mass is 777 g/mol. The molecule has 0 radical (unpaired) electrons. The summed E-state index contributed by atoms with van der Waals surface area (Å²) in [4.78, 5) is 77.1. The minimum absolute atomic E-state index is 0.0165. The van der Waals surface area contributed by atoms with Crippen LogP contribution in [0.15, 0.2) is 129 Å². The Morgan fingerprint density at radius 3 is 2.26 bits per heavy atom. The molecule has 0 saturated heterocycles. The van der Waals surface area contributed by atoms with E-state index in [9.17, 15) is 19.5 Å². The summed E-state index contributed by atoms with van der Waals surface area (Å²) in [7, 11) is 4.62. The highest BCUT2D eigenvalue weighted by atomic mass is 16.5. The highest BCUT2D eigenvalue weighted by molar-refractivity contribution is 6.31. The molecule has 13 nitrogen and oxygen atoms in total. The molecule has 4 atom stereocenters. The Balaban J connectivity index is 1.18. The molecule has 0 amide bonds. The van der Waals surface area contributed by atoms with Gasteiger partial charge in [-0.05, 0) is 46.9 Å². The number of Topliss-reactive ketones (excluding diaryl/α,β-unsaturated/α-hetero) is 1. The van der Waals surface area contributed by atoms with Gasteiger partial charge < -0.3 is 19.1 Å². The van der Waals surface area contributed by atoms with E-state index in [2.05, 4.69) is 4.98 Å². The first-order valence-electron chi connectivity index (χ1n) is 19.0. The van der Waals surface area contributed by atoms with Crippen LogP contribution in [0, 0.1) is 5.92 Å². The van der Waals surface area contributed by atoms with Crippen molar-refractivity contribution in [2.75, 3.05) is 14.2 Å². The van der Waals surface area contributed by atoms with Crippen molar-refractivity contribution in [3.8, 4) is 17.2 Å². The van der Waals surface area contributed by atoms with Gasteiger partial charge in [0.25, 0.3) is 5.56 Å². The number of carbonyl (C=O) groups excluding carboxylic acids is 2. The van der Waals surface area contributed by atoms with Crippen LogP contribution in [0.4, 0.5) is 0 Å². The zero-order valence-corrected chi connectivity index (χ0v) is 32.0. The minimum atomic E-state index is -1.43. The van der Waals surface area contributed by atoms with Crippen LogP contribution in [0.2, 0.25) is 0 Å². The van der Waals surface area contributed by atoms with Gasteiger partial charge in [0.2, 0.25) is 0 Å². The first kappa shape index (κ1) is 36.6. The van der Waals surface area contributed by atoms with Gasteiger partial charge in [0.05, 0.1) is 43.3 Å². The molecule has 58 heavy (non-hydrogen) atoms. The first-order chi connectivity index (χ1) is 28.1. The predicted octanol–water partition coefficient (Wildman–Crippen LogP) is 4.48. The molecule has 13 heteroatoms. The molecule has 1 saturated carbocycles. The Labute approximate surface area is 331 Å². The number of aryl methyl sites for hydroxylation is 2. The fourth-order valence-electron chi connectivity index (χ4n) is 9.54. The molecule has 1 aliphatic heterocycles. The second-order valence-corrected chi connectivity index (χ2v) is 14.9. The molecule has 3 heterocycles. The van der Waals surface area contributed by atoms with Gasteiger partial charge in [-0.15, -0.1) is 0 Å². The van der Waals surface area contributed by atoms with Crippen molar-refractivity contribution in [1.29, 1.82) is 0 Å². The molecular formula is C45H39N5O8. The Morgan fingerprint density at radius 2 is 1.55 bits per heavy atom. The molecule has 4 aromatic carbocycles. The van der Waals surface area contributed by atoms with Crippen LogP contribution in [0.5, 0.6) is 17.2 Å². The second-order valence-electron chi connectivity index (χ2n) is 14.9. The van der Waals surface area contributed by atoms with E-state index in [0.717, 1.165) is 4.57 Å². The average Bonchev–Trinajstić information content (AvgIpc) is 3.49. The van der Waals surface area contributed by atoms with Gasteiger partial charge in [0.1, 0.15) is 11.4 Å². The fourth-order valence-corrected chi connectivity index (χ4v) is 9.54. The summed E-state index contributed by atoms with van der Waals surface area (Å²) in [6.07, 6.45) is 3.36. The summed E-state index contributed by atoms with van der Waals surface area (Å²) in [5.41, 5.74) is 0.955. The normalized spacial score (nSPS) is 21.1. The lowest BCUT2D eigenvalue weighted by atomic mass is 9.47. The number of phenolic OH excluding ortho intramolecular Hbond substituents is 1. The van der Waals surface area contributed by atoms with Crippen molar-refractivity contribution in [1.82, 2.24) is 23.5 Å². The van der Waals surface area contributed by atoms with E-state index in [4.69, 9.17) is 9.47 Å². The first-order valence-corrected chi connectivity index (χ1v) is 19.0. The van der Waals surface area contributed by atoms with Crippen molar-refractivity contribution in [2.24, 2.45) is 13.0 Å². The standard InChI is InChI=1S/C45H39N5O8/c1-47-36-25-38(58-3)37(57-2)24-34(36)46-33(42(47)54)18-19-48-43(55)49-20-17-30-35(50(49)44(48)56)23-32-41(53)31(26-11-6-4-7-12-26)22-39(52)45(32,28-14-8-5-9-15-28)40(30)27-13-10-16-29(51)21-27/h4-17,21-22,24-25,32,35,40,51H,18-20,23H2,1-3H3/t32-,35+,40-,45-/m0/s1. The number of rotatable bonds is 8. The lowest BCUT2D eigenvalue weighted by molar-refractivity contribution is -0.133. The molecule has 1 N–H and O–H groups in total. The largest absolute Gasteiger partial charge is 0.508 e. The number of hydrogen-bond acceptors (Lipinski definition) is 9. The smallest absolute Gasteiger partial charge is 0.347 e. The molecule has 0 unspecified atom stereocenters. The number of phenols is 1.